The minimum Gasteiger partial charge on any atom is -0.387 e. The fraction of sp³-hybridized carbons (Fsp3) is 0.231. The first-order valence-electron chi connectivity index (χ1n) is 5.72. The molecule has 1 aromatic carbocycles. The van der Waals surface area contributed by atoms with Crippen molar-refractivity contribution in [2.75, 3.05) is 11.9 Å². The molecule has 2 aromatic rings. The largest absolute Gasteiger partial charge is 0.387 e. The zero-order valence-corrected chi connectivity index (χ0v) is 13.2. The molecule has 19 heavy (non-hydrogen) atoms. The summed E-state index contributed by atoms with van der Waals surface area (Å²) in [5.41, 5.74) is 1.83. The van der Waals surface area contributed by atoms with Gasteiger partial charge in [0.1, 0.15) is 15.8 Å². The normalized spacial score (nSPS) is 12.2. The molecule has 1 aromatic heterocycles. The fourth-order valence-electron chi connectivity index (χ4n) is 1.75. The van der Waals surface area contributed by atoms with E-state index in [1.54, 1.807) is 6.07 Å². The summed E-state index contributed by atoms with van der Waals surface area (Å²) in [7, 11) is 0. The van der Waals surface area contributed by atoms with Gasteiger partial charge in [0.25, 0.3) is 0 Å². The minimum absolute atomic E-state index is 0.384. The third-order valence-electron chi connectivity index (χ3n) is 2.70. The van der Waals surface area contributed by atoms with Crippen LogP contribution in [0.5, 0.6) is 0 Å². The van der Waals surface area contributed by atoms with Gasteiger partial charge in [-0.3, -0.25) is 0 Å². The van der Waals surface area contributed by atoms with Crippen LogP contribution in [-0.2, 0) is 0 Å². The van der Waals surface area contributed by atoms with Gasteiger partial charge in [0.15, 0.2) is 0 Å². The molecule has 0 saturated carbocycles. The Morgan fingerprint density at radius 2 is 2.16 bits per heavy atom. The average Bonchev–Trinajstić information content (AvgIpc) is 2.36. The van der Waals surface area contributed by atoms with E-state index in [-0.39, 0.29) is 0 Å². The van der Waals surface area contributed by atoms with Crippen molar-refractivity contribution in [2.24, 2.45) is 0 Å². The van der Waals surface area contributed by atoms with Crippen LogP contribution in [0.4, 0.5) is 5.82 Å². The van der Waals surface area contributed by atoms with E-state index in [9.17, 15) is 5.11 Å². The lowest BCUT2D eigenvalue weighted by atomic mass is 10.0. The Labute approximate surface area is 130 Å². The molecule has 2 rings (SSSR count). The van der Waals surface area contributed by atoms with Gasteiger partial charge in [-0.25, -0.2) is 9.97 Å². The number of halogens is 2. The molecule has 0 aliphatic heterocycles. The number of aryl methyl sites for hydroxylation is 1. The van der Waals surface area contributed by atoms with Crippen molar-refractivity contribution < 1.29 is 5.11 Å². The number of hydrogen-bond donors (Lipinski definition) is 2. The monoisotopic (exact) mass is 389 g/mol. The van der Waals surface area contributed by atoms with Gasteiger partial charge in [0.2, 0.25) is 0 Å². The Morgan fingerprint density at radius 3 is 2.84 bits per heavy atom. The van der Waals surface area contributed by atoms with Gasteiger partial charge in [0.05, 0.1) is 6.10 Å². The maximum Gasteiger partial charge on any atom is 0.130 e. The predicted octanol–water partition coefficient (Wildman–Crippen LogP) is 3.19. The zero-order chi connectivity index (χ0) is 13.8. The SMILES string of the molecule is Cc1cc(Cl)ccc1C(O)CNc1cc(I)ncn1. The van der Waals surface area contributed by atoms with Crippen molar-refractivity contribution in [1.29, 1.82) is 0 Å². The first-order chi connectivity index (χ1) is 9.06. The van der Waals surface area contributed by atoms with Crippen molar-refractivity contribution in [3.05, 3.63) is 50.4 Å². The Hall–Kier alpha value is -0.920. The molecule has 0 saturated heterocycles. The number of hydrogen-bond acceptors (Lipinski definition) is 4. The molecule has 100 valence electrons. The van der Waals surface area contributed by atoms with Gasteiger partial charge >= 0.3 is 0 Å². The second kappa shape index (κ2) is 6.49. The summed E-state index contributed by atoms with van der Waals surface area (Å²) in [6.45, 7) is 2.31. The fourth-order valence-corrected chi connectivity index (χ4v) is 2.40. The van der Waals surface area contributed by atoms with Crippen LogP contribution in [0.2, 0.25) is 5.02 Å². The number of nitrogens with one attached hydrogen (secondary N) is 1. The number of benzene rings is 1. The van der Waals surface area contributed by atoms with E-state index in [1.807, 2.05) is 25.1 Å². The molecule has 6 heteroatoms. The van der Waals surface area contributed by atoms with Crippen LogP contribution in [-0.4, -0.2) is 21.6 Å². The second-order valence-electron chi connectivity index (χ2n) is 4.12. The molecular weight excluding hydrogens is 377 g/mol. The predicted molar refractivity (Wildman–Crippen MR) is 84.4 cm³/mol. The number of anilines is 1. The molecule has 1 heterocycles. The molecule has 2 N–H and O–H groups in total. The third-order valence-corrected chi connectivity index (χ3v) is 3.53. The third kappa shape index (κ3) is 4.02. The van der Waals surface area contributed by atoms with Crippen LogP contribution in [0.25, 0.3) is 0 Å². The van der Waals surface area contributed by atoms with Gasteiger partial charge in [-0.2, -0.15) is 0 Å². The number of aliphatic hydroxyl groups is 1. The van der Waals surface area contributed by atoms with Crippen molar-refractivity contribution in [3.8, 4) is 0 Å². The van der Waals surface area contributed by atoms with Crippen molar-refractivity contribution in [1.82, 2.24) is 9.97 Å². The number of aliphatic hydroxyl groups excluding tert-OH is 1. The van der Waals surface area contributed by atoms with E-state index in [0.717, 1.165) is 14.8 Å². The standard InChI is InChI=1S/C13H13ClIN3O/c1-8-4-9(14)2-3-10(8)11(19)6-16-13-5-12(15)17-7-18-13/h2-5,7,11,19H,6H2,1H3,(H,16,17,18). The van der Waals surface area contributed by atoms with E-state index in [1.165, 1.54) is 6.33 Å². The maximum atomic E-state index is 10.2. The Bertz CT molecular complexity index is 580. The summed E-state index contributed by atoms with van der Waals surface area (Å²) in [6.07, 6.45) is 0.884. The highest BCUT2D eigenvalue weighted by atomic mass is 127. The molecule has 1 unspecified atom stereocenters. The summed E-state index contributed by atoms with van der Waals surface area (Å²) >= 11 is 8.01. The number of nitrogens with zero attached hydrogens (tertiary/aromatic N) is 2. The molecule has 0 amide bonds. The molecule has 0 radical (unpaired) electrons. The quantitative estimate of drug-likeness (QED) is 0.623. The van der Waals surface area contributed by atoms with Gasteiger partial charge < -0.3 is 10.4 Å². The Kier molecular flexibility index (Phi) is 4.95. The van der Waals surface area contributed by atoms with Gasteiger partial charge in [-0.1, -0.05) is 17.7 Å². The van der Waals surface area contributed by atoms with Crippen molar-refractivity contribution in [3.63, 3.8) is 0 Å². The van der Waals surface area contributed by atoms with Crippen LogP contribution in [0.3, 0.4) is 0 Å². The molecule has 0 fully saturated rings. The van der Waals surface area contributed by atoms with Crippen LogP contribution in [0.1, 0.15) is 17.2 Å². The zero-order valence-electron chi connectivity index (χ0n) is 10.3. The first kappa shape index (κ1) is 14.5. The van der Waals surface area contributed by atoms with Gasteiger partial charge in [0, 0.05) is 17.6 Å². The van der Waals surface area contributed by atoms with E-state index < -0.39 is 6.10 Å². The minimum atomic E-state index is -0.607. The van der Waals surface area contributed by atoms with Gasteiger partial charge in [-0.05, 0) is 52.8 Å². The second-order valence-corrected chi connectivity index (χ2v) is 5.67. The highest BCUT2D eigenvalue weighted by molar-refractivity contribution is 14.1. The lowest BCUT2D eigenvalue weighted by Crippen LogP contribution is -2.14. The molecular formula is C13H13ClIN3O. The summed E-state index contributed by atoms with van der Waals surface area (Å²) in [5.74, 6) is 0.699. The summed E-state index contributed by atoms with van der Waals surface area (Å²) in [6, 6.07) is 7.28. The topological polar surface area (TPSA) is 58.0 Å². The van der Waals surface area contributed by atoms with E-state index in [4.69, 9.17) is 11.6 Å². The molecule has 0 bridgehead atoms. The lowest BCUT2D eigenvalue weighted by molar-refractivity contribution is 0.191. The van der Waals surface area contributed by atoms with Crippen molar-refractivity contribution >= 4 is 40.0 Å². The summed E-state index contributed by atoms with van der Waals surface area (Å²) in [5, 5.41) is 13.9. The molecule has 0 aliphatic rings. The highest BCUT2D eigenvalue weighted by Gasteiger charge is 2.10. The maximum absolute atomic E-state index is 10.2. The molecule has 0 spiro atoms. The first-order valence-corrected chi connectivity index (χ1v) is 7.17. The Morgan fingerprint density at radius 1 is 1.37 bits per heavy atom. The Balaban J connectivity index is 2.03. The smallest absolute Gasteiger partial charge is 0.130 e. The van der Waals surface area contributed by atoms with Crippen LogP contribution in [0.15, 0.2) is 30.6 Å². The highest BCUT2D eigenvalue weighted by Crippen LogP contribution is 2.21. The summed E-state index contributed by atoms with van der Waals surface area (Å²) < 4.78 is 0.854. The average molecular weight is 390 g/mol. The number of rotatable bonds is 4. The van der Waals surface area contributed by atoms with Crippen LogP contribution in [0, 0.1) is 10.6 Å². The summed E-state index contributed by atoms with van der Waals surface area (Å²) in [4.78, 5) is 8.09. The van der Waals surface area contributed by atoms with Crippen molar-refractivity contribution in [2.45, 2.75) is 13.0 Å². The van der Waals surface area contributed by atoms with Crippen LogP contribution < -0.4 is 5.32 Å². The molecule has 4 nitrogen and oxygen atoms in total. The lowest BCUT2D eigenvalue weighted by Gasteiger charge is -2.15. The van der Waals surface area contributed by atoms with E-state index in [2.05, 4.69) is 37.9 Å². The van der Waals surface area contributed by atoms with Crippen LogP contribution >= 0.6 is 34.2 Å². The van der Waals surface area contributed by atoms with Gasteiger partial charge in [-0.15, -0.1) is 0 Å². The van der Waals surface area contributed by atoms with E-state index >= 15 is 0 Å². The molecule has 0 aliphatic carbocycles. The molecule has 1 atom stereocenters. The van der Waals surface area contributed by atoms with E-state index in [0.29, 0.717) is 17.4 Å². The number of aromatic nitrogens is 2.